The van der Waals surface area contributed by atoms with Gasteiger partial charge >= 0.3 is 0 Å². The van der Waals surface area contributed by atoms with E-state index in [9.17, 15) is 9.47 Å². The van der Waals surface area contributed by atoms with Gasteiger partial charge in [-0.2, -0.15) is 10.4 Å². The average Bonchev–Trinajstić information content (AvgIpc) is 3.06. The number of nitrogens with zero attached hydrogens (tertiary/aromatic N) is 3. The summed E-state index contributed by atoms with van der Waals surface area (Å²) in [6.45, 7) is 0. The Morgan fingerprint density at radius 3 is 2.33 bits per heavy atom. The van der Waals surface area contributed by atoms with E-state index in [1.165, 1.54) is 0 Å². The number of benzene rings is 2. The molecule has 1 heterocycles. The zero-order valence-electron chi connectivity index (χ0n) is 13.4. The Bertz CT molecular complexity index is 921. The molecule has 0 fully saturated rings. The van der Waals surface area contributed by atoms with Crippen molar-refractivity contribution in [3.63, 3.8) is 0 Å². The fourth-order valence-electron chi connectivity index (χ4n) is 2.42. The van der Waals surface area contributed by atoms with E-state index in [2.05, 4.69) is 16.5 Å². The highest BCUT2D eigenvalue weighted by molar-refractivity contribution is 7.84. The second-order valence-electron chi connectivity index (χ2n) is 5.21. The van der Waals surface area contributed by atoms with Crippen LogP contribution in [0.3, 0.4) is 0 Å². The van der Waals surface area contributed by atoms with Crippen LogP contribution in [0.5, 0.6) is 0 Å². The molecular formula is C18H16N4OS. The molecule has 5 nitrogen and oxygen atoms in total. The van der Waals surface area contributed by atoms with E-state index in [4.69, 9.17) is 0 Å². The summed E-state index contributed by atoms with van der Waals surface area (Å²) < 4.78 is 13.3. The summed E-state index contributed by atoms with van der Waals surface area (Å²) in [5.41, 5.74) is 3.95. The number of anilines is 1. The second kappa shape index (κ2) is 6.69. The molecule has 0 radical (unpaired) electrons. The van der Waals surface area contributed by atoms with Crippen molar-refractivity contribution in [2.75, 3.05) is 18.6 Å². The zero-order valence-corrected chi connectivity index (χ0v) is 14.2. The van der Waals surface area contributed by atoms with Crippen molar-refractivity contribution in [1.29, 1.82) is 5.26 Å². The van der Waals surface area contributed by atoms with E-state index < -0.39 is 10.8 Å². The van der Waals surface area contributed by atoms with E-state index in [-0.39, 0.29) is 0 Å². The van der Waals surface area contributed by atoms with Gasteiger partial charge in [0.25, 0.3) is 0 Å². The zero-order chi connectivity index (χ0) is 17.1. The molecule has 0 bridgehead atoms. The highest BCUT2D eigenvalue weighted by Gasteiger charge is 2.12. The number of aromatic nitrogens is 2. The van der Waals surface area contributed by atoms with Crippen LogP contribution in [0.2, 0.25) is 0 Å². The van der Waals surface area contributed by atoms with Crippen molar-refractivity contribution < 1.29 is 4.21 Å². The Morgan fingerprint density at radius 2 is 1.79 bits per heavy atom. The molecule has 1 aromatic heterocycles. The minimum absolute atomic E-state index is 0.353. The summed E-state index contributed by atoms with van der Waals surface area (Å²) in [7, 11) is 0.846. The lowest BCUT2D eigenvalue weighted by molar-refractivity contribution is 0.687. The van der Waals surface area contributed by atoms with Crippen LogP contribution < -0.4 is 5.32 Å². The first kappa shape index (κ1) is 16.0. The van der Waals surface area contributed by atoms with Crippen LogP contribution >= 0.6 is 0 Å². The van der Waals surface area contributed by atoms with Gasteiger partial charge in [0.15, 0.2) is 5.69 Å². The second-order valence-corrected chi connectivity index (χ2v) is 6.59. The molecule has 3 aromatic rings. The maximum atomic E-state index is 11.5. The Kier molecular flexibility index (Phi) is 4.45. The van der Waals surface area contributed by atoms with Gasteiger partial charge in [-0.1, -0.05) is 12.1 Å². The van der Waals surface area contributed by atoms with Crippen LogP contribution in [0.1, 0.15) is 5.69 Å². The SMILES string of the molecule is CNc1ccc(-n2nc(C#N)cc2-c2ccc(S(C)=O)cc2)cc1. The van der Waals surface area contributed by atoms with Crippen molar-refractivity contribution in [3.05, 3.63) is 60.3 Å². The Labute approximate surface area is 143 Å². The van der Waals surface area contributed by atoms with Gasteiger partial charge in [-0.05, 0) is 36.4 Å². The highest BCUT2D eigenvalue weighted by Crippen LogP contribution is 2.25. The summed E-state index contributed by atoms with van der Waals surface area (Å²) >= 11 is 0. The molecule has 3 rings (SSSR count). The Morgan fingerprint density at radius 1 is 1.12 bits per heavy atom. The van der Waals surface area contributed by atoms with E-state index in [1.54, 1.807) is 17.0 Å². The predicted molar refractivity (Wildman–Crippen MR) is 95.6 cm³/mol. The maximum Gasteiger partial charge on any atom is 0.163 e. The smallest absolute Gasteiger partial charge is 0.163 e. The normalized spacial score (nSPS) is 11.7. The van der Waals surface area contributed by atoms with Crippen LogP contribution in [-0.4, -0.2) is 27.3 Å². The van der Waals surface area contributed by atoms with E-state index in [1.807, 2.05) is 55.6 Å². The van der Waals surface area contributed by atoms with Gasteiger partial charge in [0.1, 0.15) is 6.07 Å². The third-order valence-corrected chi connectivity index (χ3v) is 4.64. The van der Waals surface area contributed by atoms with Gasteiger partial charge in [0.2, 0.25) is 0 Å². The Balaban J connectivity index is 2.08. The molecule has 2 aromatic carbocycles. The molecule has 0 amide bonds. The van der Waals surface area contributed by atoms with Gasteiger partial charge in [0, 0.05) is 46.3 Å². The summed E-state index contributed by atoms with van der Waals surface area (Å²) in [6.07, 6.45) is 1.65. The molecule has 0 saturated heterocycles. The largest absolute Gasteiger partial charge is 0.388 e. The molecule has 6 heteroatoms. The lowest BCUT2D eigenvalue weighted by atomic mass is 10.1. The van der Waals surface area contributed by atoms with Gasteiger partial charge in [-0.25, -0.2) is 4.68 Å². The van der Waals surface area contributed by atoms with Crippen LogP contribution in [-0.2, 0) is 10.8 Å². The monoisotopic (exact) mass is 336 g/mol. The van der Waals surface area contributed by atoms with Crippen molar-refractivity contribution in [3.8, 4) is 23.0 Å². The Hall–Kier alpha value is -2.91. The van der Waals surface area contributed by atoms with Crippen molar-refractivity contribution >= 4 is 16.5 Å². The molecule has 1 N–H and O–H groups in total. The number of nitrogens with one attached hydrogen (secondary N) is 1. The van der Waals surface area contributed by atoms with Crippen LogP contribution in [0.25, 0.3) is 16.9 Å². The quantitative estimate of drug-likeness (QED) is 0.794. The van der Waals surface area contributed by atoms with E-state index >= 15 is 0 Å². The molecule has 0 saturated carbocycles. The average molecular weight is 336 g/mol. The lowest BCUT2D eigenvalue weighted by Gasteiger charge is -2.09. The van der Waals surface area contributed by atoms with Gasteiger partial charge in [-0.15, -0.1) is 0 Å². The molecule has 0 aliphatic carbocycles. The first-order valence-electron chi connectivity index (χ1n) is 7.34. The predicted octanol–water partition coefficient (Wildman–Crippen LogP) is 3.19. The third kappa shape index (κ3) is 3.07. The van der Waals surface area contributed by atoms with E-state index in [0.29, 0.717) is 5.69 Å². The van der Waals surface area contributed by atoms with Crippen LogP contribution in [0.4, 0.5) is 5.69 Å². The highest BCUT2D eigenvalue weighted by atomic mass is 32.2. The fourth-order valence-corrected chi connectivity index (χ4v) is 2.94. The van der Waals surface area contributed by atoms with Gasteiger partial charge in [0.05, 0.1) is 11.4 Å². The molecule has 1 unspecified atom stereocenters. The molecule has 0 aliphatic heterocycles. The molecule has 0 spiro atoms. The lowest BCUT2D eigenvalue weighted by Crippen LogP contribution is -2.00. The van der Waals surface area contributed by atoms with Crippen LogP contribution in [0, 0.1) is 11.3 Å². The summed E-state index contributed by atoms with van der Waals surface area (Å²) in [5.74, 6) is 0. The van der Waals surface area contributed by atoms with Crippen LogP contribution in [0.15, 0.2) is 59.5 Å². The third-order valence-electron chi connectivity index (χ3n) is 3.71. The topological polar surface area (TPSA) is 70.7 Å². The van der Waals surface area contributed by atoms with Crippen molar-refractivity contribution in [1.82, 2.24) is 9.78 Å². The standard InChI is InChI=1S/C18H16N4OS/c1-20-14-5-7-16(8-6-14)22-18(11-15(12-19)21-22)13-3-9-17(10-4-13)24(2)23/h3-11,20H,1-2H3. The van der Waals surface area contributed by atoms with Gasteiger partial charge in [-0.3, -0.25) is 4.21 Å². The minimum atomic E-state index is -1.02. The molecule has 1 atom stereocenters. The summed E-state index contributed by atoms with van der Waals surface area (Å²) in [6, 6.07) is 19.1. The molecule has 120 valence electrons. The fraction of sp³-hybridized carbons (Fsp3) is 0.111. The number of rotatable bonds is 4. The summed E-state index contributed by atoms with van der Waals surface area (Å²) in [4.78, 5) is 0.767. The summed E-state index contributed by atoms with van der Waals surface area (Å²) in [5, 5.41) is 16.6. The van der Waals surface area contributed by atoms with E-state index in [0.717, 1.165) is 27.5 Å². The molecule has 0 aliphatic rings. The number of nitriles is 1. The van der Waals surface area contributed by atoms with Crippen molar-refractivity contribution in [2.24, 2.45) is 0 Å². The molecular weight excluding hydrogens is 320 g/mol. The molecule has 24 heavy (non-hydrogen) atoms. The number of hydrogen-bond acceptors (Lipinski definition) is 4. The van der Waals surface area contributed by atoms with Gasteiger partial charge < -0.3 is 5.32 Å². The maximum absolute atomic E-state index is 11.5. The number of hydrogen-bond donors (Lipinski definition) is 1. The van der Waals surface area contributed by atoms with Crippen molar-refractivity contribution in [2.45, 2.75) is 4.90 Å². The first-order valence-corrected chi connectivity index (χ1v) is 8.90. The first-order chi connectivity index (χ1) is 11.6. The minimum Gasteiger partial charge on any atom is -0.388 e.